The minimum atomic E-state index is -0.744. The van der Waals surface area contributed by atoms with E-state index in [1.54, 1.807) is 22.6 Å². The number of aromatic nitrogens is 2. The van der Waals surface area contributed by atoms with Crippen LogP contribution < -0.4 is 10.6 Å². The number of halogens is 3. The van der Waals surface area contributed by atoms with Gasteiger partial charge in [0.15, 0.2) is 0 Å². The zero-order valence-corrected chi connectivity index (χ0v) is 21.0. The Hall–Kier alpha value is -2.95. The predicted molar refractivity (Wildman–Crippen MR) is 137 cm³/mol. The lowest BCUT2D eigenvalue weighted by molar-refractivity contribution is -0.126. The lowest BCUT2D eigenvalue weighted by Gasteiger charge is -2.35. The first kappa shape index (κ1) is 24.7. The fraction of sp³-hybridized carbons (Fsp3) is 0.320. The summed E-state index contributed by atoms with van der Waals surface area (Å²) in [5, 5.41) is 0.911. The second-order valence-corrected chi connectivity index (χ2v) is 10.0. The van der Waals surface area contributed by atoms with E-state index in [4.69, 9.17) is 16.3 Å². The monoisotopic (exact) mass is 532 g/mol. The smallest absolute Gasteiger partial charge is 0.350 e. The minimum absolute atomic E-state index is 0.146. The van der Waals surface area contributed by atoms with Gasteiger partial charge in [-0.15, -0.1) is 11.8 Å². The molecule has 0 aliphatic carbocycles. The number of amides is 1. The van der Waals surface area contributed by atoms with E-state index in [1.807, 2.05) is 4.90 Å². The molecular formula is C25H23ClF2N4O3S. The average molecular weight is 533 g/mol. The Bertz CT molecular complexity index is 1440. The van der Waals surface area contributed by atoms with E-state index in [2.05, 4.69) is 11.6 Å². The molecule has 2 aliphatic rings. The highest BCUT2D eigenvalue weighted by molar-refractivity contribution is 7.99. The van der Waals surface area contributed by atoms with Crippen LogP contribution in [0, 0.1) is 11.6 Å². The van der Waals surface area contributed by atoms with Gasteiger partial charge in [0.1, 0.15) is 17.5 Å². The van der Waals surface area contributed by atoms with Crippen molar-refractivity contribution in [3.63, 3.8) is 0 Å². The molecule has 11 heteroatoms. The fourth-order valence-corrected chi connectivity index (χ4v) is 6.38. The zero-order chi connectivity index (χ0) is 25.6. The molecule has 2 aromatic carbocycles. The van der Waals surface area contributed by atoms with Crippen molar-refractivity contribution in [2.24, 2.45) is 0 Å². The van der Waals surface area contributed by atoms with Gasteiger partial charge >= 0.3 is 5.69 Å². The molecule has 188 valence electrons. The molecule has 36 heavy (non-hydrogen) atoms. The van der Waals surface area contributed by atoms with E-state index in [0.29, 0.717) is 59.1 Å². The number of anilines is 1. The maximum Gasteiger partial charge on any atom is 0.350 e. The van der Waals surface area contributed by atoms with Crippen molar-refractivity contribution in [2.75, 3.05) is 43.9 Å². The van der Waals surface area contributed by atoms with Crippen molar-refractivity contribution in [2.45, 2.75) is 17.5 Å². The number of nitrogens with zero attached hydrogens (tertiary/aromatic N) is 4. The summed E-state index contributed by atoms with van der Waals surface area (Å²) in [6.45, 7) is 5.67. The van der Waals surface area contributed by atoms with Gasteiger partial charge in [0, 0.05) is 66.5 Å². The zero-order valence-electron chi connectivity index (χ0n) is 19.5. The van der Waals surface area contributed by atoms with E-state index in [9.17, 15) is 18.4 Å². The lowest BCUT2D eigenvalue weighted by Crippen LogP contribution is -2.49. The molecule has 1 aromatic heterocycles. The van der Waals surface area contributed by atoms with Gasteiger partial charge in [-0.2, -0.15) is 4.98 Å². The highest BCUT2D eigenvalue weighted by Gasteiger charge is 2.30. The van der Waals surface area contributed by atoms with E-state index in [1.165, 1.54) is 30.0 Å². The van der Waals surface area contributed by atoms with Crippen LogP contribution >= 0.6 is 23.4 Å². The normalized spacial score (nSPS) is 17.8. The van der Waals surface area contributed by atoms with Crippen molar-refractivity contribution in [1.82, 2.24) is 14.5 Å². The Labute approximate surface area is 215 Å². The standard InChI is InChI=1S/C25H23ClF2N4O3S/c1-3-20(33)30-6-8-31(9-7-30)24-17-11-18(26)21(16-5-4-14(27)10-19(16)28)23-22(17)32(25(34)29-24)12-15(35-2)13-36-23/h3-5,10-11,15H,1,6-9,12-13H2,2H3/t15-/m0/s1. The first-order valence-corrected chi connectivity index (χ1v) is 12.7. The van der Waals surface area contributed by atoms with Crippen LogP contribution in [0.15, 0.2) is 46.6 Å². The summed E-state index contributed by atoms with van der Waals surface area (Å²) in [7, 11) is 1.57. The summed E-state index contributed by atoms with van der Waals surface area (Å²) in [6, 6.07) is 5.04. The van der Waals surface area contributed by atoms with Crippen LogP contribution in [0.5, 0.6) is 0 Å². The predicted octanol–water partition coefficient (Wildman–Crippen LogP) is 3.95. The van der Waals surface area contributed by atoms with Gasteiger partial charge in [0.05, 0.1) is 23.2 Å². The number of ether oxygens (including phenoxy) is 1. The molecule has 0 unspecified atom stereocenters. The number of methoxy groups -OCH3 is 1. The number of piperazine rings is 1. The molecule has 1 fully saturated rings. The van der Waals surface area contributed by atoms with Gasteiger partial charge in [0.25, 0.3) is 0 Å². The van der Waals surface area contributed by atoms with Gasteiger partial charge in [-0.25, -0.2) is 13.6 Å². The summed E-state index contributed by atoms with van der Waals surface area (Å²) in [4.78, 5) is 34.0. The Kier molecular flexibility index (Phi) is 6.76. The topological polar surface area (TPSA) is 67.7 Å². The van der Waals surface area contributed by atoms with Crippen LogP contribution in [-0.2, 0) is 16.1 Å². The maximum absolute atomic E-state index is 14.9. The maximum atomic E-state index is 14.9. The van der Waals surface area contributed by atoms with Crippen molar-refractivity contribution in [3.05, 3.63) is 64.1 Å². The Morgan fingerprint density at radius 3 is 2.67 bits per heavy atom. The molecular weight excluding hydrogens is 510 g/mol. The number of carbonyl (C=O) groups is 1. The minimum Gasteiger partial charge on any atom is -0.379 e. The van der Waals surface area contributed by atoms with Gasteiger partial charge in [-0.1, -0.05) is 18.2 Å². The first-order valence-electron chi connectivity index (χ1n) is 11.4. The van der Waals surface area contributed by atoms with Crippen molar-refractivity contribution in [3.8, 4) is 11.1 Å². The van der Waals surface area contributed by atoms with Crippen LogP contribution in [0.2, 0.25) is 5.02 Å². The van der Waals surface area contributed by atoms with Crippen LogP contribution in [0.3, 0.4) is 0 Å². The fourth-order valence-electron chi connectivity index (χ4n) is 4.70. The van der Waals surface area contributed by atoms with E-state index in [0.717, 1.165) is 6.07 Å². The van der Waals surface area contributed by atoms with E-state index in [-0.39, 0.29) is 29.1 Å². The van der Waals surface area contributed by atoms with Gasteiger partial charge in [-0.3, -0.25) is 9.36 Å². The number of benzene rings is 2. The highest BCUT2D eigenvalue weighted by Crippen LogP contribution is 2.46. The molecule has 2 aliphatic heterocycles. The molecule has 3 heterocycles. The molecule has 7 nitrogen and oxygen atoms in total. The number of rotatable bonds is 4. The Morgan fingerprint density at radius 1 is 1.25 bits per heavy atom. The largest absolute Gasteiger partial charge is 0.379 e. The third-order valence-corrected chi connectivity index (χ3v) is 8.07. The van der Waals surface area contributed by atoms with Crippen LogP contribution in [-0.4, -0.2) is 65.5 Å². The average Bonchev–Trinajstić information content (AvgIpc) is 3.07. The van der Waals surface area contributed by atoms with Crippen LogP contribution in [0.25, 0.3) is 22.0 Å². The van der Waals surface area contributed by atoms with Gasteiger partial charge in [0.2, 0.25) is 5.91 Å². The quantitative estimate of drug-likeness (QED) is 0.474. The summed E-state index contributed by atoms with van der Waals surface area (Å²) >= 11 is 8.18. The Balaban J connectivity index is 1.72. The summed E-state index contributed by atoms with van der Waals surface area (Å²) < 4.78 is 35.7. The second kappa shape index (κ2) is 9.84. The molecule has 1 saturated heterocycles. The molecule has 5 rings (SSSR count). The lowest BCUT2D eigenvalue weighted by atomic mass is 10.0. The summed E-state index contributed by atoms with van der Waals surface area (Å²) in [5.41, 5.74) is 0.675. The van der Waals surface area contributed by atoms with Crippen molar-refractivity contribution >= 4 is 46.0 Å². The molecule has 0 bridgehead atoms. The molecule has 0 spiro atoms. The van der Waals surface area contributed by atoms with Crippen LogP contribution in [0.4, 0.5) is 14.6 Å². The third-order valence-electron chi connectivity index (χ3n) is 6.55. The second-order valence-electron chi connectivity index (χ2n) is 8.60. The SMILES string of the molecule is C=CC(=O)N1CCN(c2nc(=O)n3c4c(c(-c5ccc(F)cc5F)c(Cl)cc24)SC[C@@H](OC)C3)CC1. The molecule has 0 N–H and O–H groups in total. The first-order chi connectivity index (χ1) is 17.3. The molecule has 1 amide bonds. The number of hydrogen-bond donors (Lipinski definition) is 0. The molecule has 0 saturated carbocycles. The molecule has 0 radical (unpaired) electrons. The van der Waals surface area contributed by atoms with E-state index < -0.39 is 17.3 Å². The van der Waals surface area contributed by atoms with E-state index >= 15 is 0 Å². The van der Waals surface area contributed by atoms with Crippen LogP contribution in [0.1, 0.15) is 0 Å². The number of carbonyl (C=O) groups excluding carboxylic acids is 1. The Morgan fingerprint density at radius 2 is 2.00 bits per heavy atom. The van der Waals surface area contributed by atoms with Gasteiger partial charge < -0.3 is 14.5 Å². The molecule has 1 atom stereocenters. The van der Waals surface area contributed by atoms with Crippen molar-refractivity contribution < 1.29 is 18.3 Å². The van der Waals surface area contributed by atoms with Crippen molar-refractivity contribution in [1.29, 1.82) is 0 Å². The highest BCUT2D eigenvalue weighted by atomic mass is 35.5. The van der Waals surface area contributed by atoms with Gasteiger partial charge in [-0.05, 0) is 24.3 Å². The number of thioether (sulfide) groups is 1. The summed E-state index contributed by atoms with van der Waals surface area (Å²) in [5.74, 6) is -0.620. The third kappa shape index (κ3) is 4.27. The molecule has 3 aromatic rings. The summed E-state index contributed by atoms with van der Waals surface area (Å²) in [6.07, 6.45) is 1.00. The number of hydrogen-bond acceptors (Lipinski definition) is 6.